The number of methoxy groups -OCH3 is 1. The Morgan fingerprint density at radius 3 is 2.37 bits per heavy atom. The molecule has 106 valence electrons. The van der Waals surface area contributed by atoms with E-state index in [2.05, 4.69) is 24.5 Å². The lowest BCUT2D eigenvalue weighted by atomic mass is 10.0. The van der Waals surface area contributed by atoms with E-state index in [0.717, 1.165) is 17.7 Å². The Hall–Kier alpha value is -1.55. The van der Waals surface area contributed by atoms with Gasteiger partial charge in [-0.2, -0.15) is 0 Å². The molecule has 1 unspecified atom stereocenters. The predicted molar refractivity (Wildman–Crippen MR) is 77.1 cm³/mol. The van der Waals surface area contributed by atoms with E-state index in [4.69, 9.17) is 4.74 Å². The number of benzene rings is 1. The Balaban J connectivity index is 2.56. The van der Waals surface area contributed by atoms with Crippen LogP contribution in [0.4, 0.5) is 0 Å². The Bertz CT molecular complexity index is 388. The summed E-state index contributed by atoms with van der Waals surface area (Å²) in [5.41, 5.74) is 1.14. The quantitative estimate of drug-likeness (QED) is 0.791. The maximum absolute atomic E-state index is 11.8. The van der Waals surface area contributed by atoms with Gasteiger partial charge in [0.2, 0.25) is 5.91 Å². The summed E-state index contributed by atoms with van der Waals surface area (Å²) in [5.74, 6) is 1.36. The Morgan fingerprint density at radius 2 is 1.89 bits per heavy atom. The summed E-state index contributed by atoms with van der Waals surface area (Å²) in [6.07, 6.45) is 0.829. The van der Waals surface area contributed by atoms with Crippen LogP contribution in [0.5, 0.6) is 5.75 Å². The highest BCUT2D eigenvalue weighted by molar-refractivity contribution is 5.81. The van der Waals surface area contributed by atoms with Crippen LogP contribution in [0.2, 0.25) is 0 Å². The topological polar surface area (TPSA) is 50.4 Å². The summed E-state index contributed by atoms with van der Waals surface area (Å²) in [7, 11) is 3.32. The molecule has 1 rings (SSSR count). The first-order valence-corrected chi connectivity index (χ1v) is 6.64. The van der Waals surface area contributed by atoms with Gasteiger partial charge in [-0.1, -0.05) is 26.0 Å². The lowest BCUT2D eigenvalue weighted by Gasteiger charge is -2.19. The normalized spacial score (nSPS) is 12.3. The fraction of sp³-hybridized carbons (Fsp3) is 0.533. The van der Waals surface area contributed by atoms with Gasteiger partial charge in [-0.3, -0.25) is 4.79 Å². The van der Waals surface area contributed by atoms with Crippen LogP contribution in [0.25, 0.3) is 0 Å². The molecule has 0 fully saturated rings. The number of hydrogen-bond donors (Lipinski definition) is 2. The first kappa shape index (κ1) is 15.5. The summed E-state index contributed by atoms with van der Waals surface area (Å²) in [4.78, 5) is 11.8. The van der Waals surface area contributed by atoms with Crippen LogP contribution in [0.15, 0.2) is 24.3 Å². The van der Waals surface area contributed by atoms with Gasteiger partial charge in [-0.25, -0.2) is 0 Å². The maximum Gasteiger partial charge on any atom is 0.236 e. The van der Waals surface area contributed by atoms with Crippen molar-refractivity contribution in [3.8, 4) is 5.75 Å². The van der Waals surface area contributed by atoms with Crippen LogP contribution < -0.4 is 15.4 Å². The molecule has 0 aromatic heterocycles. The van der Waals surface area contributed by atoms with E-state index in [1.54, 1.807) is 14.2 Å². The molecule has 1 aromatic carbocycles. The van der Waals surface area contributed by atoms with Gasteiger partial charge in [-0.05, 0) is 30.0 Å². The van der Waals surface area contributed by atoms with Gasteiger partial charge in [-0.15, -0.1) is 0 Å². The smallest absolute Gasteiger partial charge is 0.236 e. The molecular weight excluding hydrogens is 240 g/mol. The van der Waals surface area contributed by atoms with E-state index in [0.29, 0.717) is 12.5 Å². The van der Waals surface area contributed by atoms with Crippen molar-refractivity contribution in [2.75, 3.05) is 14.2 Å². The summed E-state index contributed by atoms with van der Waals surface area (Å²) in [5, 5.41) is 6.01. The molecule has 0 spiro atoms. The summed E-state index contributed by atoms with van der Waals surface area (Å²) in [6, 6.07) is 7.71. The van der Waals surface area contributed by atoms with E-state index < -0.39 is 0 Å². The zero-order valence-electron chi connectivity index (χ0n) is 12.2. The second kappa shape index (κ2) is 7.79. The molecule has 0 aliphatic carbocycles. The molecule has 4 heteroatoms. The van der Waals surface area contributed by atoms with Gasteiger partial charge in [0.05, 0.1) is 13.2 Å². The number of likely N-dealkylation sites (N-methyl/N-ethyl adjacent to an activating group) is 1. The molecule has 0 saturated carbocycles. The fourth-order valence-corrected chi connectivity index (χ4v) is 1.91. The first-order chi connectivity index (χ1) is 9.06. The highest BCUT2D eigenvalue weighted by Crippen LogP contribution is 2.12. The number of rotatable bonds is 7. The monoisotopic (exact) mass is 264 g/mol. The molecule has 0 radical (unpaired) electrons. The molecule has 19 heavy (non-hydrogen) atoms. The van der Waals surface area contributed by atoms with Crippen molar-refractivity contribution < 1.29 is 9.53 Å². The standard InChI is InChI=1S/C15H24N2O2/c1-11(2)9-14(15(18)16-3)17-10-12-5-7-13(19-4)8-6-12/h5-8,11,14,17H,9-10H2,1-4H3,(H,16,18). The second-order valence-corrected chi connectivity index (χ2v) is 5.03. The van der Waals surface area contributed by atoms with Crippen molar-refractivity contribution in [3.05, 3.63) is 29.8 Å². The third kappa shape index (κ3) is 5.30. The highest BCUT2D eigenvalue weighted by Gasteiger charge is 2.17. The molecule has 0 heterocycles. The van der Waals surface area contributed by atoms with E-state index in [1.807, 2.05) is 24.3 Å². The van der Waals surface area contributed by atoms with Crippen LogP contribution in [0.3, 0.4) is 0 Å². The van der Waals surface area contributed by atoms with Gasteiger partial charge in [0.1, 0.15) is 5.75 Å². The molecule has 0 aliphatic rings. The first-order valence-electron chi connectivity index (χ1n) is 6.64. The second-order valence-electron chi connectivity index (χ2n) is 5.03. The van der Waals surface area contributed by atoms with E-state index in [1.165, 1.54) is 0 Å². The highest BCUT2D eigenvalue weighted by atomic mass is 16.5. The minimum Gasteiger partial charge on any atom is -0.497 e. The van der Waals surface area contributed by atoms with Crippen molar-refractivity contribution in [2.45, 2.75) is 32.9 Å². The average Bonchev–Trinajstić information content (AvgIpc) is 2.42. The van der Waals surface area contributed by atoms with Crippen molar-refractivity contribution in [3.63, 3.8) is 0 Å². The third-order valence-corrected chi connectivity index (χ3v) is 2.98. The number of hydrogen-bond acceptors (Lipinski definition) is 3. The molecule has 0 saturated heterocycles. The van der Waals surface area contributed by atoms with Crippen LogP contribution in [-0.4, -0.2) is 26.1 Å². The zero-order chi connectivity index (χ0) is 14.3. The molecule has 1 atom stereocenters. The largest absolute Gasteiger partial charge is 0.497 e. The molecule has 4 nitrogen and oxygen atoms in total. The van der Waals surface area contributed by atoms with E-state index in [9.17, 15) is 4.79 Å². The number of amides is 1. The Labute approximate surface area is 115 Å². The van der Waals surface area contributed by atoms with Crippen molar-refractivity contribution >= 4 is 5.91 Å². The maximum atomic E-state index is 11.8. The van der Waals surface area contributed by atoms with Crippen LogP contribution >= 0.6 is 0 Å². The Morgan fingerprint density at radius 1 is 1.26 bits per heavy atom. The number of ether oxygens (including phenoxy) is 1. The van der Waals surface area contributed by atoms with Gasteiger partial charge in [0.25, 0.3) is 0 Å². The van der Waals surface area contributed by atoms with Crippen LogP contribution in [0.1, 0.15) is 25.8 Å². The Kier molecular flexibility index (Phi) is 6.36. The molecule has 2 N–H and O–H groups in total. The SMILES string of the molecule is CNC(=O)C(CC(C)C)NCc1ccc(OC)cc1. The molecule has 1 aromatic rings. The number of carbonyl (C=O) groups is 1. The molecule has 0 aliphatic heterocycles. The van der Waals surface area contributed by atoms with E-state index in [-0.39, 0.29) is 11.9 Å². The van der Waals surface area contributed by atoms with Crippen LogP contribution in [-0.2, 0) is 11.3 Å². The lowest BCUT2D eigenvalue weighted by Crippen LogP contribution is -2.43. The minimum atomic E-state index is -0.146. The van der Waals surface area contributed by atoms with Crippen LogP contribution in [0, 0.1) is 5.92 Å². The van der Waals surface area contributed by atoms with Gasteiger partial charge in [0.15, 0.2) is 0 Å². The number of nitrogens with one attached hydrogen (secondary N) is 2. The van der Waals surface area contributed by atoms with Crippen molar-refractivity contribution in [2.24, 2.45) is 5.92 Å². The molecule has 0 bridgehead atoms. The van der Waals surface area contributed by atoms with E-state index >= 15 is 0 Å². The predicted octanol–water partition coefficient (Wildman–Crippen LogP) is 1.95. The lowest BCUT2D eigenvalue weighted by molar-refractivity contribution is -0.123. The summed E-state index contributed by atoms with van der Waals surface area (Å²) < 4.78 is 5.12. The summed E-state index contributed by atoms with van der Waals surface area (Å²) >= 11 is 0. The number of carbonyl (C=O) groups excluding carboxylic acids is 1. The fourth-order valence-electron chi connectivity index (χ4n) is 1.91. The zero-order valence-corrected chi connectivity index (χ0v) is 12.2. The van der Waals surface area contributed by atoms with Gasteiger partial charge < -0.3 is 15.4 Å². The van der Waals surface area contributed by atoms with Gasteiger partial charge in [0, 0.05) is 13.6 Å². The third-order valence-electron chi connectivity index (χ3n) is 2.98. The average molecular weight is 264 g/mol. The molecular formula is C15H24N2O2. The van der Waals surface area contributed by atoms with Crippen molar-refractivity contribution in [1.29, 1.82) is 0 Å². The minimum absolute atomic E-state index is 0.0437. The van der Waals surface area contributed by atoms with Crippen molar-refractivity contribution in [1.82, 2.24) is 10.6 Å². The summed E-state index contributed by atoms with van der Waals surface area (Å²) in [6.45, 7) is 4.91. The molecule has 1 amide bonds. The van der Waals surface area contributed by atoms with Gasteiger partial charge >= 0.3 is 0 Å².